The fraction of sp³-hybridized carbons (Fsp3) is 0.353. The van der Waals surface area contributed by atoms with Crippen LogP contribution in [0.4, 0.5) is 0 Å². The van der Waals surface area contributed by atoms with Gasteiger partial charge in [-0.05, 0) is 25.0 Å². The van der Waals surface area contributed by atoms with Gasteiger partial charge in [0, 0.05) is 24.5 Å². The maximum atomic E-state index is 12.5. The molecule has 4 rings (SSSR count). The lowest BCUT2D eigenvalue weighted by molar-refractivity contribution is 0.0930. The fourth-order valence-electron chi connectivity index (χ4n) is 3.38. The third-order valence-electron chi connectivity index (χ3n) is 4.48. The Balaban J connectivity index is 1.75. The lowest BCUT2D eigenvalue weighted by atomic mass is 10.2. The zero-order valence-corrected chi connectivity index (χ0v) is 12.1. The van der Waals surface area contributed by atoms with E-state index in [0.717, 1.165) is 34.9 Å². The van der Waals surface area contributed by atoms with Crippen LogP contribution in [0.1, 0.15) is 36.2 Å². The van der Waals surface area contributed by atoms with E-state index in [9.17, 15) is 4.79 Å². The molecule has 0 spiro atoms. The number of aryl methyl sites for hydroxylation is 1. The molecule has 2 heterocycles. The van der Waals surface area contributed by atoms with Gasteiger partial charge in [-0.3, -0.25) is 4.79 Å². The lowest BCUT2D eigenvalue weighted by Crippen LogP contribution is -2.33. The number of nitrogens with one attached hydrogen (secondary N) is 1. The maximum absolute atomic E-state index is 12.5. The van der Waals surface area contributed by atoms with Crippen molar-refractivity contribution in [1.82, 2.24) is 9.88 Å². The summed E-state index contributed by atoms with van der Waals surface area (Å²) >= 11 is 0. The number of para-hydroxylation sites is 1. The summed E-state index contributed by atoms with van der Waals surface area (Å²) in [5.41, 5.74) is 3.29. The summed E-state index contributed by atoms with van der Waals surface area (Å²) in [6.07, 6.45) is 4.61. The van der Waals surface area contributed by atoms with Gasteiger partial charge < -0.3 is 14.3 Å². The highest BCUT2D eigenvalue weighted by Crippen LogP contribution is 2.30. The minimum absolute atomic E-state index is 0.000110. The second-order valence-electron chi connectivity index (χ2n) is 5.85. The molecule has 1 amide bonds. The normalized spacial score (nSPS) is 16.0. The van der Waals surface area contributed by atoms with E-state index in [4.69, 9.17) is 4.42 Å². The highest BCUT2D eigenvalue weighted by Gasteiger charge is 2.22. The quantitative estimate of drug-likeness (QED) is 0.780. The summed E-state index contributed by atoms with van der Waals surface area (Å²) in [6.45, 7) is 0. The molecule has 3 aromatic rings. The minimum Gasteiger partial charge on any atom is -0.454 e. The molecular weight excluding hydrogens is 264 g/mol. The molecule has 21 heavy (non-hydrogen) atoms. The van der Waals surface area contributed by atoms with Crippen LogP contribution in [-0.4, -0.2) is 16.5 Å². The van der Waals surface area contributed by atoms with Gasteiger partial charge in [0.1, 0.15) is 11.3 Å². The number of rotatable bonds is 2. The van der Waals surface area contributed by atoms with E-state index < -0.39 is 0 Å². The van der Waals surface area contributed by atoms with Crippen molar-refractivity contribution >= 4 is 28.0 Å². The Morgan fingerprint density at radius 3 is 2.81 bits per heavy atom. The van der Waals surface area contributed by atoms with Gasteiger partial charge in [-0.25, -0.2) is 0 Å². The molecule has 1 saturated carbocycles. The van der Waals surface area contributed by atoms with Gasteiger partial charge in [-0.15, -0.1) is 0 Å². The molecule has 0 aliphatic heterocycles. The van der Waals surface area contributed by atoms with Gasteiger partial charge in [0.05, 0.1) is 5.52 Å². The Labute approximate surface area is 122 Å². The SMILES string of the molecule is Cn1c(C(=O)NC2CCCC2)cc2oc3ccccc3c21. The second kappa shape index (κ2) is 4.65. The maximum Gasteiger partial charge on any atom is 0.268 e. The number of aromatic nitrogens is 1. The van der Waals surface area contributed by atoms with Crippen LogP contribution in [-0.2, 0) is 7.05 Å². The van der Waals surface area contributed by atoms with Gasteiger partial charge in [-0.2, -0.15) is 0 Å². The molecule has 1 aromatic carbocycles. The smallest absolute Gasteiger partial charge is 0.268 e. The Hall–Kier alpha value is -2.23. The first kappa shape index (κ1) is 12.5. The molecule has 0 bridgehead atoms. The van der Waals surface area contributed by atoms with Crippen LogP contribution in [0.5, 0.6) is 0 Å². The Morgan fingerprint density at radius 2 is 2.00 bits per heavy atom. The number of benzene rings is 1. The third kappa shape index (κ3) is 1.94. The van der Waals surface area contributed by atoms with Crippen molar-refractivity contribution in [3.8, 4) is 0 Å². The van der Waals surface area contributed by atoms with Crippen molar-refractivity contribution in [3.63, 3.8) is 0 Å². The highest BCUT2D eigenvalue weighted by atomic mass is 16.3. The van der Waals surface area contributed by atoms with E-state index in [-0.39, 0.29) is 5.91 Å². The average Bonchev–Trinajstić information content (AvgIpc) is 3.15. The van der Waals surface area contributed by atoms with Crippen LogP contribution < -0.4 is 5.32 Å². The first-order valence-electron chi connectivity index (χ1n) is 7.52. The van der Waals surface area contributed by atoms with Crippen molar-refractivity contribution in [3.05, 3.63) is 36.0 Å². The summed E-state index contributed by atoms with van der Waals surface area (Å²) in [7, 11) is 1.92. The summed E-state index contributed by atoms with van der Waals surface area (Å²) < 4.78 is 7.77. The van der Waals surface area contributed by atoms with Crippen molar-refractivity contribution in [2.45, 2.75) is 31.7 Å². The van der Waals surface area contributed by atoms with Crippen LogP contribution in [0, 0.1) is 0 Å². The van der Waals surface area contributed by atoms with Gasteiger partial charge in [0.15, 0.2) is 5.58 Å². The monoisotopic (exact) mass is 282 g/mol. The van der Waals surface area contributed by atoms with E-state index in [1.807, 2.05) is 41.9 Å². The van der Waals surface area contributed by atoms with Gasteiger partial charge in [0.25, 0.3) is 5.91 Å². The molecule has 0 saturated heterocycles. The number of fused-ring (bicyclic) bond motifs is 3. The summed E-state index contributed by atoms with van der Waals surface area (Å²) in [5.74, 6) is -0.000110. The summed E-state index contributed by atoms with van der Waals surface area (Å²) in [4.78, 5) is 12.5. The van der Waals surface area contributed by atoms with Crippen LogP contribution in [0.3, 0.4) is 0 Å². The Kier molecular flexibility index (Phi) is 2.77. The number of carbonyl (C=O) groups is 1. The molecule has 0 radical (unpaired) electrons. The van der Waals surface area contributed by atoms with E-state index >= 15 is 0 Å². The van der Waals surface area contributed by atoms with Gasteiger partial charge in [0.2, 0.25) is 0 Å². The largest absolute Gasteiger partial charge is 0.454 e. The predicted octanol–water partition coefficient (Wildman–Crippen LogP) is 3.60. The zero-order valence-electron chi connectivity index (χ0n) is 12.1. The van der Waals surface area contributed by atoms with E-state index in [2.05, 4.69) is 5.32 Å². The number of amides is 1. The molecule has 108 valence electrons. The number of carbonyl (C=O) groups excluding carboxylic acids is 1. The van der Waals surface area contributed by atoms with Gasteiger partial charge >= 0.3 is 0 Å². The van der Waals surface area contributed by atoms with Crippen molar-refractivity contribution < 1.29 is 9.21 Å². The molecule has 0 atom stereocenters. The lowest BCUT2D eigenvalue weighted by Gasteiger charge is -2.12. The standard InChI is InChI=1S/C17H18N2O2/c1-19-13(17(20)18-11-6-2-3-7-11)10-15-16(19)12-8-4-5-9-14(12)21-15/h4-5,8-11H,2-3,6-7H2,1H3,(H,18,20). The highest BCUT2D eigenvalue weighted by molar-refractivity contribution is 6.07. The summed E-state index contributed by atoms with van der Waals surface area (Å²) in [5, 5.41) is 4.18. The first-order chi connectivity index (χ1) is 10.2. The third-order valence-corrected chi connectivity index (χ3v) is 4.48. The molecule has 1 fully saturated rings. The van der Waals surface area contributed by atoms with Crippen molar-refractivity contribution in [2.75, 3.05) is 0 Å². The molecule has 4 heteroatoms. The topological polar surface area (TPSA) is 47.2 Å². The molecule has 1 aliphatic carbocycles. The second-order valence-corrected chi connectivity index (χ2v) is 5.85. The summed E-state index contributed by atoms with van der Waals surface area (Å²) in [6, 6.07) is 10.1. The van der Waals surface area contributed by atoms with E-state index in [1.165, 1.54) is 12.8 Å². The van der Waals surface area contributed by atoms with Crippen LogP contribution in [0.15, 0.2) is 34.7 Å². The Morgan fingerprint density at radius 1 is 1.24 bits per heavy atom. The number of hydrogen-bond acceptors (Lipinski definition) is 2. The fourth-order valence-corrected chi connectivity index (χ4v) is 3.38. The molecule has 4 nitrogen and oxygen atoms in total. The van der Waals surface area contributed by atoms with Crippen molar-refractivity contribution in [1.29, 1.82) is 0 Å². The molecule has 2 aromatic heterocycles. The van der Waals surface area contributed by atoms with Crippen LogP contribution >= 0.6 is 0 Å². The zero-order chi connectivity index (χ0) is 14.4. The molecule has 0 unspecified atom stereocenters. The number of furan rings is 1. The number of hydrogen-bond donors (Lipinski definition) is 1. The van der Waals surface area contributed by atoms with E-state index in [0.29, 0.717) is 11.7 Å². The predicted molar refractivity (Wildman–Crippen MR) is 82.4 cm³/mol. The average molecular weight is 282 g/mol. The molecular formula is C17H18N2O2. The van der Waals surface area contributed by atoms with Gasteiger partial charge in [-0.1, -0.05) is 25.0 Å². The van der Waals surface area contributed by atoms with Crippen molar-refractivity contribution in [2.24, 2.45) is 7.05 Å². The molecule has 1 N–H and O–H groups in total. The Bertz CT molecular complexity index is 822. The van der Waals surface area contributed by atoms with Crippen LogP contribution in [0.2, 0.25) is 0 Å². The first-order valence-corrected chi connectivity index (χ1v) is 7.52. The van der Waals surface area contributed by atoms with E-state index in [1.54, 1.807) is 0 Å². The van der Waals surface area contributed by atoms with Crippen LogP contribution in [0.25, 0.3) is 22.1 Å². The number of nitrogens with zero attached hydrogens (tertiary/aromatic N) is 1. The minimum atomic E-state index is -0.000110. The molecule has 1 aliphatic rings.